The number of fused-ring (bicyclic) bond motifs is 1. The fraction of sp³-hybridized carbons (Fsp3) is 0.471. The van der Waals surface area contributed by atoms with Crippen LogP contribution in [0.3, 0.4) is 0 Å². The molecule has 0 bridgehead atoms. The predicted octanol–water partition coefficient (Wildman–Crippen LogP) is 1.65. The number of carbonyl (C=O) groups is 1. The van der Waals surface area contributed by atoms with Gasteiger partial charge < -0.3 is 10.6 Å². The first-order chi connectivity index (χ1) is 11.1. The molecule has 2 unspecified atom stereocenters. The van der Waals surface area contributed by atoms with E-state index < -0.39 is 0 Å². The third-order valence-electron chi connectivity index (χ3n) is 4.62. The number of hydrogen-bond acceptors (Lipinski definition) is 4. The number of rotatable bonds is 3. The first-order valence-corrected chi connectivity index (χ1v) is 8.07. The number of para-hydroxylation sites is 1. The number of amides is 1. The van der Waals surface area contributed by atoms with Gasteiger partial charge in [0, 0.05) is 24.5 Å². The second kappa shape index (κ2) is 7.32. The molecule has 0 aliphatic carbocycles. The van der Waals surface area contributed by atoms with Crippen molar-refractivity contribution >= 4 is 29.2 Å². The molecule has 1 fully saturated rings. The Hall–Kier alpha value is -1.92. The number of hydrogen-bond donors (Lipinski definition) is 1. The van der Waals surface area contributed by atoms with Crippen molar-refractivity contribution in [3.63, 3.8) is 0 Å². The molecule has 1 saturated heterocycles. The molecule has 6 nitrogen and oxygen atoms in total. The Morgan fingerprint density at radius 2 is 2.08 bits per heavy atom. The minimum Gasteiger partial charge on any atom is -0.334 e. The smallest absolute Gasteiger partial charge is 0.278 e. The van der Waals surface area contributed by atoms with Gasteiger partial charge in [-0.05, 0) is 44.9 Å². The largest absolute Gasteiger partial charge is 0.334 e. The van der Waals surface area contributed by atoms with Gasteiger partial charge in [-0.1, -0.05) is 12.1 Å². The lowest BCUT2D eigenvalue weighted by molar-refractivity contribution is 0.0734. The van der Waals surface area contributed by atoms with Gasteiger partial charge in [0.25, 0.3) is 5.91 Å². The van der Waals surface area contributed by atoms with E-state index in [1.54, 1.807) is 21.7 Å². The molecule has 1 amide bonds. The molecule has 1 aromatic heterocycles. The molecule has 7 heteroatoms. The van der Waals surface area contributed by atoms with Crippen molar-refractivity contribution in [1.29, 1.82) is 0 Å². The third kappa shape index (κ3) is 3.03. The Morgan fingerprint density at radius 1 is 1.38 bits per heavy atom. The molecule has 0 saturated carbocycles. The normalized spacial score (nSPS) is 20.2. The zero-order valence-corrected chi connectivity index (χ0v) is 14.8. The van der Waals surface area contributed by atoms with E-state index in [1.165, 1.54) is 0 Å². The van der Waals surface area contributed by atoms with Gasteiger partial charge in [-0.2, -0.15) is 5.10 Å². The Morgan fingerprint density at radius 3 is 2.71 bits per heavy atom. The first-order valence-electron chi connectivity index (χ1n) is 8.07. The van der Waals surface area contributed by atoms with E-state index >= 15 is 0 Å². The number of nitrogens with zero attached hydrogens (tertiary/aromatic N) is 3. The van der Waals surface area contributed by atoms with Crippen LogP contribution in [0, 0.1) is 5.92 Å². The van der Waals surface area contributed by atoms with Gasteiger partial charge in [-0.3, -0.25) is 14.3 Å². The van der Waals surface area contributed by atoms with Crippen LogP contribution in [0.15, 0.2) is 29.1 Å². The lowest BCUT2D eigenvalue weighted by Crippen LogP contribution is -2.38. The van der Waals surface area contributed by atoms with Crippen molar-refractivity contribution in [1.82, 2.24) is 14.7 Å². The topological polar surface area (TPSA) is 81.2 Å². The second-order valence-corrected chi connectivity index (χ2v) is 6.15. The molecule has 130 valence electrons. The molecular weight excluding hydrogens is 328 g/mol. The lowest BCUT2D eigenvalue weighted by atomic mass is 10.1. The highest BCUT2D eigenvalue weighted by molar-refractivity contribution is 5.95. The van der Waals surface area contributed by atoms with E-state index in [-0.39, 0.29) is 35.5 Å². The average Bonchev–Trinajstić information content (AvgIpc) is 2.96. The van der Waals surface area contributed by atoms with Crippen LogP contribution in [-0.2, 0) is 6.54 Å². The molecular formula is C17H23ClN4O2. The van der Waals surface area contributed by atoms with Crippen molar-refractivity contribution in [2.24, 2.45) is 11.7 Å². The number of aromatic nitrogens is 2. The standard InChI is InChI=1S/C17H22N4O2.ClH/c1-3-21-14-7-5-4-6-13(14)16(22)15(19-21)17(23)20-10-12(9-18)8-11(20)2;/h4-7,11-12H,3,8-10,18H2,1-2H3;1H. The van der Waals surface area contributed by atoms with Gasteiger partial charge in [0.1, 0.15) is 0 Å². The highest BCUT2D eigenvalue weighted by Gasteiger charge is 2.34. The highest BCUT2D eigenvalue weighted by atomic mass is 35.5. The molecule has 2 atom stereocenters. The van der Waals surface area contributed by atoms with E-state index in [1.807, 2.05) is 26.0 Å². The summed E-state index contributed by atoms with van der Waals surface area (Å²) in [4.78, 5) is 27.3. The summed E-state index contributed by atoms with van der Waals surface area (Å²) in [7, 11) is 0. The fourth-order valence-corrected chi connectivity index (χ4v) is 3.35. The van der Waals surface area contributed by atoms with Gasteiger partial charge >= 0.3 is 0 Å². The molecule has 2 aromatic rings. The summed E-state index contributed by atoms with van der Waals surface area (Å²) >= 11 is 0. The number of halogens is 1. The third-order valence-corrected chi connectivity index (χ3v) is 4.62. The maximum Gasteiger partial charge on any atom is 0.278 e. The molecule has 3 rings (SSSR count). The van der Waals surface area contributed by atoms with Crippen LogP contribution in [0.2, 0.25) is 0 Å². The van der Waals surface area contributed by atoms with E-state index in [0.29, 0.717) is 30.9 Å². The average molecular weight is 351 g/mol. The molecule has 0 radical (unpaired) electrons. The van der Waals surface area contributed by atoms with Gasteiger partial charge in [0.2, 0.25) is 5.43 Å². The van der Waals surface area contributed by atoms with Crippen LogP contribution < -0.4 is 11.2 Å². The predicted molar refractivity (Wildman–Crippen MR) is 96.6 cm³/mol. The number of nitrogens with two attached hydrogens (primary N) is 1. The quantitative estimate of drug-likeness (QED) is 0.912. The number of aryl methyl sites for hydroxylation is 1. The molecule has 0 spiro atoms. The Bertz CT molecular complexity index is 805. The van der Waals surface area contributed by atoms with E-state index in [9.17, 15) is 9.59 Å². The van der Waals surface area contributed by atoms with E-state index in [4.69, 9.17) is 5.73 Å². The second-order valence-electron chi connectivity index (χ2n) is 6.15. The minimum absolute atomic E-state index is 0. The Balaban J connectivity index is 0.00000208. The van der Waals surface area contributed by atoms with Crippen molar-refractivity contribution in [3.05, 3.63) is 40.2 Å². The van der Waals surface area contributed by atoms with Crippen LogP contribution in [-0.4, -0.2) is 39.7 Å². The lowest BCUT2D eigenvalue weighted by Gasteiger charge is -2.21. The van der Waals surface area contributed by atoms with Crippen molar-refractivity contribution in [2.45, 2.75) is 32.9 Å². The van der Waals surface area contributed by atoms with Crippen LogP contribution in [0.25, 0.3) is 10.9 Å². The van der Waals surface area contributed by atoms with E-state index in [0.717, 1.165) is 11.9 Å². The molecule has 24 heavy (non-hydrogen) atoms. The maximum absolute atomic E-state index is 12.9. The molecule has 2 heterocycles. The molecule has 1 aromatic carbocycles. The summed E-state index contributed by atoms with van der Waals surface area (Å²) in [6, 6.07) is 7.36. The fourth-order valence-electron chi connectivity index (χ4n) is 3.35. The van der Waals surface area contributed by atoms with Crippen LogP contribution in [0.1, 0.15) is 30.8 Å². The summed E-state index contributed by atoms with van der Waals surface area (Å²) in [5, 5.41) is 4.87. The monoisotopic (exact) mass is 350 g/mol. The SMILES string of the molecule is CCn1nc(C(=O)N2CC(CN)CC2C)c(=O)c2ccccc21.Cl. The summed E-state index contributed by atoms with van der Waals surface area (Å²) < 4.78 is 1.71. The number of carbonyl (C=O) groups excluding carboxylic acids is 1. The zero-order valence-electron chi connectivity index (χ0n) is 13.9. The highest BCUT2D eigenvalue weighted by Crippen LogP contribution is 2.23. The van der Waals surface area contributed by atoms with Crippen LogP contribution >= 0.6 is 12.4 Å². The van der Waals surface area contributed by atoms with Crippen molar-refractivity contribution in [2.75, 3.05) is 13.1 Å². The summed E-state index contributed by atoms with van der Waals surface area (Å²) in [6.07, 6.45) is 0.873. The summed E-state index contributed by atoms with van der Waals surface area (Å²) in [6.45, 7) is 5.69. The zero-order chi connectivity index (χ0) is 16.6. The summed E-state index contributed by atoms with van der Waals surface area (Å²) in [5.41, 5.74) is 6.20. The van der Waals surface area contributed by atoms with E-state index in [2.05, 4.69) is 5.10 Å². The molecule has 2 N–H and O–H groups in total. The van der Waals surface area contributed by atoms with Gasteiger partial charge in [-0.15, -0.1) is 12.4 Å². The first kappa shape index (κ1) is 18.4. The number of benzene rings is 1. The molecule has 1 aliphatic rings. The minimum atomic E-state index is -0.293. The Kier molecular flexibility index (Phi) is 5.62. The van der Waals surface area contributed by atoms with Crippen LogP contribution in [0.4, 0.5) is 0 Å². The Labute approximate surface area is 147 Å². The van der Waals surface area contributed by atoms with Crippen molar-refractivity contribution < 1.29 is 4.79 Å². The van der Waals surface area contributed by atoms with Crippen molar-refractivity contribution in [3.8, 4) is 0 Å². The van der Waals surface area contributed by atoms with Gasteiger partial charge in [-0.25, -0.2) is 0 Å². The summed E-state index contributed by atoms with van der Waals surface area (Å²) in [5.74, 6) is 0.00853. The maximum atomic E-state index is 12.9. The van der Waals surface area contributed by atoms with Crippen LogP contribution in [0.5, 0.6) is 0 Å². The molecule has 1 aliphatic heterocycles. The number of likely N-dealkylation sites (tertiary alicyclic amines) is 1. The van der Waals surface area contributed by atoms with Gasteiger partial charge in [0.15, 0.2) is 5.69 Å². The van der Waals surface area contributed by atoms with Gasteiger partial charge in [0.05, 0.1) is 5.52 Å².